The minimum absolute atomic E-state index is 0.0313. The normalized spacial score (nSPS) is 37.8. The van der Waals surface area contributed by atoms with Crippen LogP contribution in [0.4, 0.5) is 0 Å². The maximum Gasteiger partial charge on any atom is 0.255 e. The van der Waals surface area contributed by atoms with Gasteiger partial charge in [0, 0.05) is 5.92 Å². The SMILES string of the molecule is O=C1N[C@@H]2[C@@H](O)[C@@H](O)[C@H](O)[C@H](O)[C@H]2c2cc3c(c(O)c21)OCO3. The largest absolute Gasteiger partial charge is 0.504 e. The Balaban J connectivity index is 1.91. The van der Waals surface area contributed by atoms with Crippen LogP contribution in [0.2, 0.25) is 0 Å². The zero-order valence-corrected chi connectivity index (χ0v) is 11.7. The smallest absolute Gasteiger partial charge is 0.255 e. The lowest BCUT2D eigenvalue weighted by atomic mass is 9.70. The first-order valence-electron chi connectivity index (χ1n) is 7.10. The highest BCUT2D eigenvalue weighted by Crippen LogP contribution is 2.49. The van der Waals surface area contributed by atoms with E-state index in [1.807, 2.05) is 0 Å². The number of carbonyl (C=O) groups is 1. The van der Waals surface area contributed by atoms with Crippen molar-refractivity contribution in [2.45, 2.75) is 36.4 Å². The summed E-state index contributed by atoms with van der Waals surface area (Å²) in [5, 5.41) is 52.9. The Hall–Kier alpha value is -2.07. The summed E-state index contributed by atoms with van der Waals surface area (Å²) < 4.78 is 10.3. The third-order valence-corrected chi connectivity index (χ3v) is 4.73. The van der Waals surface area contributed by atoms with Crippen LogP contribution in [0, 0.1) is 0 Å². The van der Waals surface area contributed by atoms with E-state index in [1.165, 1.54) is 6.07 Å². The van der Waals surface area contributed by atoms with Crippen LogP contribution in [-0.4, -0.2) is 68.7 Å². The number of fused-ring (bicyclic) bond motifs is 4. The van der Waals surface area contributed by atoms with E-state index in [2.05, 4.69) is 5.32 Å². The van der Waals surface area contributed by atoms with Gasteiger partial charge in [0.15, 0.2) is 11.5 Å². The van der Waals surface area contributed by atoms with E-state index in [0.717, 1.165) is 0 Å². The Morgan fingerprint density at radius 1 is 1.04 bits per heavy atom. The second-order valence-electron chi connectivity index (χ2n) is 5.91. The number of ether oxygens (including phenoxy) is 2. The molecule has 0 bridgehead atoms. The van der Waals surface area contributed by atoms with Gasteiger partial charge in [-0.25, -0.2) is 0 Å². The van der Waals surface area contributed by atoms with Crippen molar-refractivity contribution in [3.63, 3.8) is 0 Å². The van der Waals surface area contributed by atoms with E-state index in [1.54, 1.807) is 0 Å². The maximum atomic E-state index is 12.3. The molecular weight excluding hydrogens is 310 g/mol. The predicted molar refractivity (Wildman–Crippen MR) is 72.3 cm³/mol. The lowest BCUT2D eigenvalue weighted by Gasteiger charge is -2.47. The van der Waals surface area contributed by atoms with Gasteiger partial charge >= 0.3 is 0 Å². The average molecular weight is 325 g/mol. The summed E-state index contributed by atoms with van der Waals surface area (Å²) in [6.07, 6.45) is -6.11. The lowest BCUT2D eigenvalue weighted by molar-refractivity contribution is -0.155. The zero-order valence-electron chi connectivity index (χ0n) is 11.7. The third kappa shape index (κ3) is 1.78. The number of phenols is 1. The molecule has 1 aliphatic carbocycles. The van der Waals surface area contributed by atoms with E-state index >= 15 is 0 Å². The van der Waals surface area contributed by atoms with Crippen LogP contribution < -0.4 is 14.8 Å². The molecule has 23 heavy (non-hydrogen) atoms. The van der Waals surface area contributed by atoms with Gasteiger partial charge in [0.1, 0.15) is 18.3 Å². The van der Waals surface area contributed by atoms with Gasteiger partial charge in [-0.2, -0.15) is 0 Å². The lowest BCUT2D eigenvalue weighted by Crippen LogP contribution is -2.66. The third-order valence-electron chi connectivity index (χ3n) is 4.73. The van der Waals surface area contributed by atoms with E-state index in [-0.39, 0.29) is 29.4 Å². The van der Waals surface area contributed by atoms with Gasteiger partial charge in [-0.3, -0.25) is 4.79 Å². The van der Waals surface area contributed by atoms with Crippen LogP contribution in [0.3, 0.4) is 0 Å². The standard InChI is InChI=1S/C14H15NO8/c16-8-5-3-1-4-13(23-2-22-4)9(17)6(3)14(21)15-7(5)10(18)12(20)11(8)19/h1,5,7-8,10-12,16-20H,2H2,(H,15,21)/t5-,7-,8+,10+,11+,12+/m0/s1. The molecule has 3 aliphatic rings. The van der Waals surface area contributed by atoms with Crippen molar-refractivity contribution in [2.75, 3.05) is 6.79 Å². The fourth-order valence-corrected chi connectivity index (χ4v) is 3.58. The molecular formula is C14H15NO8. The first-order chi connectivity index (χ1) is 10.9. The number of aromatic hydroxyl groups is 1. The van der Waals surface area contributed by atoms with Crippen molar-refractivity contribution in [3.05, 3.63) is 17.2 Å². The van der Waals surface area contributed by atoms with Crippen molar-refractivity contribution < 1.29 is 39.8 Å². The van der Waals surface area contributed by atoms with Gasteiger partial charge in [-0.15, -0.1) is 0 Å². The van der Waals surface area contributed by atoms with Crippen molar-refractivity contribution in [1.82, 2.24) is 5.32 Å². The molecule has 9 nitrogen and oxygen atoms in total. The number of hydrogen-bond donors (Lipinski definition) is 6. The molecule has 0 saturated heterocycles. The van der Waals surface area contributed by atoms with E-state index in [0.29, 0.717) is 0 Å². The highest BCUT2D eigenvalue weighted by Gasteiger charge is 2.53. The van der Waals surface area contributed by atoms with Crippen LogP contribution in [0.15, 0.2) is 6.07 Å². The molecule has 2 aliphatic heterocycles. The molecule has 1 aromatic carbocycles. The molecule has 4 rings (SSSR count). The fourth-order valence-electron chi connectivity index (χ4n) is 3.58. The van der Waals surface area contributed by atoms with Crippen molar-refractivity contribution in [1.29, 1.82) is 0 Å². The molecule has 6 atom stereocenters. The van der Waals surface area contributed by atoms with Crippen molar-refractivity contribution in [2.24, 2.45) is 0 Å². The fraction of sp³-hybridized carbons (Fsp3) is 0.500. The Labute approximate surface area is 129 Å². The summed E-state index contributed by atoms with van der Waals surface area (Å²) in [6, 6.07) is 0.428. The van der Waals surface area contributed by atoms with Crippen molar-refractivity contribution in [3.8, 4) is 17.2 Å². The molecule has 0 aromatic heterocycles. The number of carbonyl (C=O) groups excluding carboxylic acids is 1. The van der Waals surface area contributed by atoms with Gasteiger partial charge in [-0.05, 0) is 11.6 Å². The molecule has 1 amide bonds. The molecule has 0 unspecified atom stereocenters. The van der Waals surface area contributed by atoms with Crippen molar-refractivity contribution >= 4 is 5.91 Å². The average Bonchev–Trinajstić information content (AvgIpc) is 2.99. The number of benzene rings is 1. The zero-order chi connectivity index (χ0) is 16.5. The van der Waals surface area contributed by atoms with Crippen LogP contribution in [0.5, 0.6) is 17.2 Å². The minimum Gasteiger partial charge on any atom is -0.504 e. The highest BCUT2D eigenvalue weighted by molar-refractivity contribution is 6.01. The first-order valence-corrected chi connectivity index (χ1v) is 7.10. The number of aliphatic hydroxyl groups excluding tert-OH is 4. The van der Waals surface area contributed by atoms with Gasteiger partial charge in [0.2, 0.25) is 12.5 Å². The summed E-state index contributed by atoms with van der Waals surface area (Å²) in [7, 11) is 0. The minimum atomic E-state index is -1.60. The molecule has 0 radical (unpaired) electrons. The molecule has 1 aromatic rings. The molecule has 6 N–H and O–H groups in total. The topological polar surface area (TPSA) is 149 Å². The van der Waals surface area contributed by atoms with E-state index in [4.69, 9.17) is 9.47 Å². The van der Waals surface area contributed by atoms with Gasteiger partial charge in [-0.1, -0.05) is 0 Å². The Morgan fingerprint density at radius 3 is 2.48 bits per heavy atom. The number of amides is 1. The number of nitrogens with one attached hydrogen (secondary N) is 1. The highest BCUT2D eigenvalue weighted by atomic mass is 16.7. The molecule has 1 fully saturated rings. The number of hydrogen-bond acceptors (Lipinski definition) is 8. The quantitative estimate of drug-likeness (QED) is 0.314. The van der Waals surface area contributed by atoms with Crippen LogP contribution in [0.1, 0.15) is 21.8 Å². The summed E-state index contributed by atoms with van der Waals surface area (Å²) in [4.78, 5) is 12.3. The predicted octanol–water partition coefficient (Wildman–Crippen LogP) is -2.23. The Kier molecular flexibility index (Phi) is 2.97. The van der Waals surface area contributed by atoms with Gasteiger partial charge < -0.3 is 40.3 Å². The van der Waals surface area contributed by atoms with Crippen LogP contribution in [0.25, 0.3) is 0 Å². The van der Waals surface area contributed by atoms with Crippen LogP contribution in [-0.2, 0) is 0 Å². The van der Waals surface area contributed by atoms with Gasteiger partial charge in [0.25, 0.3) is 5.91 Å². The summed E-state index contributed by atoms with van der Waals surface area (Å²) in [6.45, 7) is -0.117. The number of aliphatic hydroxyl groups is 4. The van der Waals surface area contributed by atoms with E-state index < -0.39 is 48.0 Å². The van der Waals surface area contributed by atoms with Gasteiger partial charge in [0.05, 0.1) is 17.7 Å². The van der Waals surface area contributed by atoms with Crippen LogP contribution >= 0.6 is 0 Å². The maximum absolute atomic E-state index is 12.3. The molecule has 0 spiro atoms. The molecule has 9 heteroatoms. The summed E-state index contributed by atoms with van der Waals surface area (Å²) in [5.74, 6) is -1.78. The molecule has 2 heterocycles. The summed E-state index contributed by atoms with van der Waals surface area (Å²) >= 11 is 0. The first kappa shape index (κ1) is 14.5. The Morgan fingerprint density at radius 2 is 1.74 bits per heavy atom. The number of phenolic OH excluding ortho intramolecular Hbond substituents is 1. The second-order valence-corrected chi connectivity index (χ2v) is 5.91. The second kappa shape index (κ2) is 4.71. The number of rotatable bonds is 0. The Bertz CT molecular complexity index is 692. The monoisotopic (exact) mass is 325 g/mol. The molecule has 1 saturated carbocycles. The van der Waals surface area contributed by atoms with E-state index in [9.17, 15) is 30.3 Å². The molecule has 124 valence electrons. The summed E-state index contributed by atoms with van der Waals surface area (Å²) in [5.41, 5.74) is 0.114.